The molecule has 0 saturated heterocycles. The molecule has 0 atom stereocenters. The van der Waals surface area contributed by atoms with Crippen molar-refractivity contribution in [3.63, 3.8) is 0 Å². The fourth-order valence-electron chi connectivity index (χ4n) is 2.67. The molecule has 0 aliphatic heterocycles. The molecule has 3 N–H and O–H groups in total. The summed E-state index contributed by atoms with van der Waals surface area (Å²) in [5.41, 5.74) is 10.2. The average Bonchev–Trinajstić information content (AvgIpc) is 2.90. The van der Waals surface area contributed by atoms with Crippen LogP contribution in [0.3, 0.4) is 0 Å². The molecule has 0 aliphatic rings. The van der Waals surface area contributed by atoms with Gasteiger partial charge in [0.1, 0.15) is 11.5 Å². The molecule has 0 unspecified atom stereocenters. The van der Waals surface area contributed by atoms with Crippen molar-refractivity contribution >= 4 is 16.9 Å². The lowest BCUT2D eigenvalue weighted by molar-refractivity contribution is 0.792. The summed E-state index contributed by atoms with van der Waals surface area (Å²) in [7, 11) is 1.96. The third kappa shape index (κ3) is 2.95. The van der Waals surface area contributed by atoms with Crippen molar-refractivity contribution in [2.24, 2.45) is 12.8 Å². The van der Waals surface area contributed by atoms with E-state index in [4.69, 9.17) is 11.1 Å². The number of benzene rings is 1. The highest BCUT2D eigenvalue weighted by Crippen LogP contribution is 2.23. The predicted octanol–water partition coefficient (Wildman–Crippen LogP) is 3.26. The number of amidine groups is 1. The molecule has 118 valence electrons. The Morgan fingerprint density at radius 2 is 2.09 bits per heavy atom. The smallest absolute Gasteiger partial charge is 0.159 e. The second kappa shape index (κ2) is 6.20. The maximum absolute atomic E-state index is 7.57. The van der Waals surface area contributed by atoms with Crippen molar-refractivity contribution in [1.82, 2.24) is 14.5 Å². The number of imidazole rings is 1. The monoisotopic (exact) mass is 307 g/mol. The Hall–Kier alpha value is -2.69. The molecule has 0 amide bonds. The van der Waals surface area contributed by atoms with Crippen LogP contribution in [0.2, 0.25) is 0 Å². The van der Waals surface area contributed by atoms with Crippen molar-refractivity contribution < 1.29 is 0 Å². The third-order valence-corrected chi connectivity index (χ3v) is 4.06. The number of pyridine rings is 1. The Kier molecular flexibility index (Phi) is 4.10. The quantitative estimate of drug-likeness (QED) is 0.561. The van der Waals surface area contributed by atoms with E-state index < -0.39 is 0 Å². The molecule has 2 heterocycles. The first-order valence-corrected chi connectivity index (χ1v) is 7.86. The van der Waals surface area contributed by atoms with Crippen molar-refractivity contribution in [2.45, 2.75) is 26.2 Å². The molecular weight excluding hydrogens is 286 g/mol. The van der Waals surface area contributed by atoms with Gasteiger partial charge in [-0.3, -0.25) is 10.4 Å². The van der Waals surface area contributed by atoms with Crippen LogP contribution in [0.1, 0.15) is 30.9 Å². The number of nitrogen functional groups attached to an aromatic ring is 1. The van der Waals surface area contributed by atoms with Crippen molar-refractivity contribution in [3.8, 4) is 11.5 Å². The van der Waals surface area contributed by atoms with Crippen LogP contribution in [0.4, 0.5) is 0 Å². The SMILES string of the molecule is CCCCc1ccc(-c2nc3ccc(C(=N)N)cc3n2C)nc1. The fourth-order valence-corrected chi connectivity index (χ4v) is 2.67. The van der Waals surface area contributed by atoms with E-state index in [1.54, 1.807) is 0 Å². The van der Waals surface area contributed by atoms with E-state index in [1.165, 1.54) is 18.4 Å². The van der Waals surface area contributed by atoms with Gasteiger partial charge in [-0.25, -0.2) is 4.98 Å². The first kappa shape index (κ1) is 15.2. The second-order valence-electron chi connectivity index (χ2n) is 5.77. The lowest BCUT2D eigenvalue weighted by Crippen LogP contribution is -2.10. The van der Waals surface area contributed by atoms with E-state index in [1.807, 2.05) is 42.1 Å². The topological polar surface area (TPSA) is 80.6 Å². The minimum absolute atomic E-state index is 0.0630. The van der Waals surface area contributed by atoms with Gasteiger partial charge in [-0.2, -0.15) is 0 Å². The number of unbranched alkanes of at least 4 members (excludes halogenated alkanes) is 1. The van der Waals surface area contributed by atoms with E-state index in [-0.39, 0.29) is 5.84 Å². The number of nitrogens with two attached hydrogens (primary N) is 1. The number of hydrogen-bond donors (Lipinski definition) is 2. The van der Waals surface area contributed by atoms with Crippen molar-refractivity contribution in [1.29, 1.82) is 5.41 Å². The van der Waals surface area contributed by atoms with Crippen LogP contribution in [-0.4, -0.2) is 20.4 Å². The van der Waals surface area contributed by atoms with Crippen molar-refractivity contribution in [2.75, 3.05) is 0 Å². The molecule has 5 nitrogen and oxygen atoms in total. The molecular formula is C18H21N5. The Labute approximate surface area is 135 Å². The van der Waals surface area contributed by atoms with Gasteiger partial charge in [-0.05, 0) is 42.7 Å². The molecule has 0 saturated carbocycles. The maximum atomic E-state index is 7.57. The minimum Gasteiger partial charge on any atom is -0.384 e. The summed E-state index contributed by atoms with van der Waals surface area (Å²) in [5, 5.41) is 7.57. The van der Waals surface area contributed by atoms with Crippen LogP contribution >= 0.6 is 0 Å². The van der Waals surface area contributed by atoms with E-state index in [0.29, 0.717) is 5.56 Å². The number of hydrogen-bond acceptors (Lipinski definition) is 3. The Balaban J connectivity index is 1.99. The Morgan fingerprint density at radius 1 is 1.26 bits per heavy atom. The van der Waals surface area contributed by atoms with Gasteiger partial charge in [-0.1, -0.05) is 19.4 Å². The Morgan fingerprint density at radius 3 is 2.74 bits per heavy atom. The largest absolute Gasteiger partial charge is 0.384 e. The van der Waals surface area contributed by atoms with E-state index >= 15 is 0 Å². The molecule has 5 heteroatoms. The van der Waals surface area contributed by atoms with Gasteiger partial charge in [0.05, 0.1) is 11.0 Å². The van der Waals surface area contributed by atoms with Crippen LogP contribution < -0.4 is 5.73 Å². The van der Waals surface area contributed by atoms with Crippen LogP contribution in [-0.2, 0) is 13.5 Å². The average molecular weight is 307 g/mol. The fraction of sp³-hybridized carbons (Fsp3) is 0.278. The molecule has 0 bridgehead atoms. The lowest BCUT2D eigenvalue weighted by atomic mass is 10.1. The summed E-state index contributed by atoms with van der Waals surface area (Å²) in [6, 6.07) is 9.76. The van der Waals surface area contributed by atoms with Gasteiger partial charge in [0, 0.05) is 18.8 Å². The molecule has 0 radical (unpaired) electrons. The summed E-state index contributed by atoms with van der Waals surface area (Å²) in [5.74, 6) is 0.885. The summed E-state index contributed by atoms with van der Waals surface area (Å²) >= 11 is 0. The Bertz CT molecular complexity index is 846. The summed E-state index contributed by atoms with van der Waals surface area (Å²) in [4.78, 5) is 9.23. The van der Waals surface area contributed by atoms with Crippen molar-refractivity contribution in [3.05, 3.63) is 47.7 Å². The van der Waals surface area contributed by atoms with Crippen LogP contribution in [0.15, 0.2) is 36.5 Å². The normalized spacial score (nSPS) is 11.0. The third-order valence-electron chi connectivity index (χ3n) is 4.06. The maximum Gasteiger partial charge on any atom is 0.159 e. The van der Waals surface area contributed by atoms with Crippen LogP contribution in [0.5, 0.6) is 0 Å². The van der Waals surface area contributed by atoms with Crippen LogP contribution in [0, 0.1) is 5.41 Å². The molecule has 0 aliphatic carbocycles. The van der Waals surface area contributed by atoms with Gasteiger partial charge in [0.25, 0.3) is 0 Å². The highest BCUT2D eigenvalue weighted by Gasteiger charge is 2.12. The zero-order valence-corrected chi connectivity index (χ0v) is 13.5. The van der Waals surface area contributed by atoms with E-state index in [0.717, 1.165) is 29.0 Å². The second-order valence-corrected chi connectivity index (χ2v) is 5.77. The molecule has 23 heavy (non-hydrogen) atoms. The first-order chi connectivity index (χ1) is 11.1. The molecule has 3 rings (SSSR count). The summed E-state index contributed by atoms with van der Waals surface area (Å²) in [6.45, 7) is 2.19. The molecule has 0 fully saturated rings. The van der Waals surface area contributed by atoms with Gasteiger partial charge < -0.3 is 10.3 Å². The molecule has 0 spiro atoms. The van der Waals surface area contributed by atoms with Gasteiger partial charge >= 0.3 is 0 Å². The molecule has 1 aromatic carbocycles. The van der Waals surface area contributed by atoms with Crippen LogP contribution in [0.25, 0.3) is 22.6 Å². The molecule has 2 aromatic heterocycles. The first-order valence-electron chi connectivity index (χ1n) is 7.86. The summed E-state index contributed by atoms with van der Waals surface area (Å²) < 4.78 is 2.00. The number of nitrogens with zero attached hydrogens (tertiary/aromatic N) is 3. The van der Waals surface area contributed by atoms with Gasteiger partial charge in [-0.15, -0.1) is 0 Å². The molecule has 3 aromatic rings. The minimum atomic E-state index is 0.0630. The number of aromatic nitrogens is 3. The summed E-state index contributed by atoms with van der Waals surface area (Å²) in [6.07, 6.45) is 5.37. The van der Waals surface area contributed by atoms with E-state index in [9.17, 15) is 0 Å². The standard InChI is InChI=1S/C18H21N5/c1-3-4-5-12-6-8-15(21-11-12)18-22-14-9-7-13(17(19)20)10-16(14)23(18)2/h6-11H,3-5H2,1-2H3,(H3,19,20). The number of aryl methyl sites for hydroxylation is 2. The highest BCUT2D eigenvalue weighted by atomic mass is 15.1. The highest BCUT2D eigenvalue weighted by molar-refractivity contribution is 5.98. The zero-order valence-electron chi connectivity index (χ0n) is 13.5. The number of nitrogens with one attached hydrogen (secondary N) is 1. The van der Waals surface area contributed by atoms with E-state index in [2.05, 4.69) is 23.0 Å². The van der Waals surface area contributed by atoms with Gasteiger partial charge in [0.2, 0.25) is 0 Å². The number of rotatable bonds is 5. The zero-order chi connectivity index (χ0) is 16.4. The lowest BCUT2D eigenvalue weighted by Gasteiger charge is -2.04. The number of fused-ring (bicyclic) bond motifs is 1. The predicted molar refractivity (Wildman–Crippen MR) is 93.6 cm³/mol. The van der Waals surface area contributed by atoms with Gasteiger partial charge in [0.15, 0.2) is 5.82 Å².